The van der Waals surface area contributed by atoms with Gasteiger partial charge in [0, 0.05) is 41.1 Å². The number of aromatic nitrogens is 6. The molecule has 0 aliphatic heterocycles. The van der Waals surface area contributed by atoms with Crippen LogP contribution in [0.15, 0.2) is 61.1 Å². The summed E-state index contributed by atoms with van der Waals surface area (Å²) in [7, 11) is -3.69. The number of hydrogen-bond donors (Lipinski definition) is 4. The lowest BCUT2D eigenvalue weighted by Crippen LogP contribution is -2.28. The highest BCUT2D eigenvalue weighted by Gasteiger charge is 2.26. The van der Waals surface area contributed by atoms with Gasteiger partial charge in [0.05, 0.1) is 23.1 Å². The number of carbonyl (C=O) groups is 1. The molecule has 4 heterocycles. The predicted octanol–water partition coefficient (Wildman–Crippen LogP) is 5.25. The molecule has 11 nitrogen and oxygen atoms in total. The first-order valence-electron chi connectivity index (χ1n) is 14.1. The van der Waals surface area contributed by atoms with Crippen LogP contribution in [0, 0.1) is 17.6 Å². The molecule has 0 radical (unpaired) electrons. The number of imidazole rings is 1. The Labute approximate surface area is 255 Å². The molecule has 0 spiro atoms. The van der Waals surface area contributed by atoms with Gasteiger partial charge in [-0.15, -0.1) is 0 Å². The number of halogens is 2. The monoisotopic (exact) mass is 628 g/mol. The molecule has 0 bridgehead atoms. The van der Waals surface area contributed by atoms with E-state index in [9.17, 15) is 17.6 Å². The van der Waals surface area contributed by atoms with Crippen LogP contribution in [0.4, 0.5) is 14.5 Å². The summed E-state index contributed by atoms with van der Waals surface area (Å²) >= 11 is 0. The van der Waals surface area contributed by atoms with Crippen molar-refractivity contribution in [1.29, 1.82) is 0 Å². The maximum absolute atomic E-state index is 15.4. The SMILES string of the molecule is CS(=O)(=O)C(N)c1cc(F)cc(-c2nccc3[nH]c(-c4n[nH]c5c(F)cc(-c6cncc(NC(=O)C7CCC7)c6)cc45)nc23)c1. The molecule has 2 aromatic carbocycles. The van der Waals surface area contributed by atoms with Gasteiger partial charge in [-0.25, -0.2) is 22.2 Å². The van der Waals surface area contributed by atoms with Gasteiger partial charge in [-0.05, 0) is 66.4 Å². The molecule has 5 N–H and O–H groups in total. The van der Waals surface area contributed by atoms with Crippen LogP contribution >= 0.6 is 0 Å². The predicted molar refractivity (Wildman–Crippen MR) is 165 cm³/mol. The third-order valence-electron chi connectivity index (χ3n) is 8.05. The zero-order valence-electron chi connectivity index (χ0n) is 23.8. The van der Waals surface area contributed by atoms with Crippen molar-refractivity contribution < 1.29 is 22.0 Å². The Kier molecular flexibility index (Phi) is 6.89. The lowest BCUT2D eigenvalue weighted by atomic mass is 9.85. The Morgan fingerprint density at radius 3 is 2.62 bits per heavy atom. The summed E-state index contributed by atoms with van der Waals surface area (Å²) in [4.78, 5) is 29.0. The van der Waals surface area contributed by atoms with Crippen molar-refractivity contribution in [3.63, 3.8) is 0 Å². The topological polar surface area (TPSA) is 172 Å². The second-order valence-electron chi connectivity index (χ2n) is 11.2. The van der Waals surface area contributed by atoms with Crippen LogP contribution < -0.4 is 11.1 Å². The van der Waals surface area contributed by atoms with Crippen molar-refractivity contribution in [2.45, 2.75) is 24.6 Å². The highest BCUT2D eigenvalue weighted by molar-refractivity contribution is 7.90. The number of benzene rings is 2. The Morgan fingerprint density at radius 2 is 1.87 bits per heavy atom. The lowest BCUT2D eigenvalue weighted by molar-refractivity contribution is -0.122. The standard InChI is InChI=1S/C31H26F2N8O3S/c1-45(43,44)29(34)18-7-17(8-20(32)9-18)25-28-24(5-6-36-25)38-30(39-28)27-22-11-16(12-23(33)26(22)40-41-27)19-10-21(14-35-13-19)37-31(42)15-3-2-4-15/h5-15,29H,2-4,34H2,1H3,(H,37,42)(H,38,39)(H,40,41). The molecule has 228 valence electrons. The van der Waals surface area contributed by atoms with E-state index in [2.05, 4.69) is 35.5 Å². The number of nitrogens with two attached hydrogens (primary N) is 1. The van der Waals surface area contributed by atoms with E-state index < -0.39 is 26.8 Å². The maximum Gasteiger partial charge on any atom is 0.227 e. The number of aromatic amines is 2. The number of anilines is 1. The van der Waals surface area contributed by atoms with Crippen molar-refractivity contribution in [3.8, 4) is 33.9 Å². The molecular formula is C31H26F2N8O3S. The van der Waals surface area contributed by atoms with Gasteiger partial charge in [-0.1, -0.05) is 6.42 Å². The Morgan fingerprint density at radius 1 is 1.04 bits per heavy atom. The van der Waals surface area contributed by atoms with E-state index in [-0.39, 0.29) is 34.2 Å². The molecule has 1 unspecified atom stereocenters. The number of H-pyrrole nitrogens is 2. The minimum absolute atomic E-state index is 0.00323. The average Bonchev–Trinajstić information content (AvgIpc) is 3.59. The van der Waals surface area contributed by atoms with E-state index in [0.717, 1.165) is 31.6 Å². The third-order valence-corrected chi connectivity index (χ3v) is 9.24. The first-order chi connectivity index (χ1) is 21.5. The van der Waals surface area contributed by atoms with E-state index in [1.54, 1.807) is 30.6 Å². The number of nitrogens with zero attached hydrogens (tertiary/aromatic N) is 4. The molecule has 1 aliphatic rings. The van der Waals surface area contributed by atoms with Crippen molar-refractivity contribution in [2.75, 3.05) is 11.6 Å². The molecule has 1 amide bonds. The molecular weight excluding hydrogens is 602 g/mol. The molecule has 7 rings (SSSR count). The fourth-order valence-corrected chi connectivity index (χ4v) is 6.06. The lowest BCUT2D eigenvalue weighted by Gasteiger charge is -2.24. The van der Waals surface area contributed by atoms with E-state index >= 15 is 4.39 Å². The van der Waals surface area contributed by atoms with Crippen molar-refractivity contribution in [3.05, 3.63) is 78.3 Å². The fourth-order valence-electron chi connectivity index (χ4n) is 5.43. The van der Waals surface area contributed by atoms with Crippen LogP contribution in [-0.2, 0) is 14.6 Å². The number of nitrogens with one attached hydrogen (secondary N) is 3. The number of sulfone groups is 1. The van der Waals surface area contributed by atoms with Crippen molar-refractivity contribution >= 4 is 43.4 Å². The minimum atomic E-state index is -3.69. The number of hydrogen-bond acceptors (Lipinski definition) is 8. The molecule has 4 aromatic heterocycles. The van der Waals surface area contributed by atoms with Crippen LogP contribution in [0.3, 0.4) is 0 Å². The maximum atomic E-state index is 15.4. The summed E-state index contributed by atoms with van der Waals surface area (Å²) in [5.74, 6) is -0.975. The van der Waals surface area contributed by atoms with Crippen LogP contribution in [0.5, 0.6) is 0 Å². The second-order valence-corrected chi connectivity index (χ2v) is 13.4. The Hall–Kier alpha value is -5.08. The highest BCUT2D eigenvalue weighted by Crippen LogP contribution is 2.35. The zero-order valence-corrected chi connectivity index (χ0v) is 24.6. The van der Waals surface area contributed by atoms with Gasteiger partial charge in [0.15, 0.2) is 15.7 Å². The molecule has 1 fully saturated rings. The molecule has 6 aromatic rings. The summed E-state index contributed by atoms with van der Waals surface area (Å²) in [5, 5.41) is 8.99. The smallest absolute Gasteiger partial charge is 0.227 e. The molecule has 14 heteroatoms. The number of amides is 1. The van der Waals surface area contributed by atoms with E-state index in [1.807, 2.05) is 0 Å². The number of fused-ring (bicyclic) bond motifs is 2. The van der Waals surface area contributed by atoms with Gasteiger partial charge in [-0.2, -0.15) is 5.10 Å². The van der Waals surface area contributed by atoms with Crippen LogP contribution in [-0.4, -0.2) is 50.7 Å². The van der Waals surface area contributed by atoms with Crippen LogP contribution in [0.2, 0.25) is 0 Å². The van der Waals surface area contributed by atoms with Gasteiger partial charge >= 0.3 is 0 Å². The summed E-state index contributed by atoms with van der Waals surface area (Å²) in [6.45, 7) is 0. The van der Waals surface area contributed by atoms with Gasteiger partial charge in [0.25, 0.3) is 0 Å². The highest BCUT2D eigenvalue weighted by atomic mass is 32.2. The fraction of sp³-hybridized carbons (Fsp3) is 0.194. The normalized spacial score (nSPS) is 14.5. The number of rotatable bonds is 7. The summed E-state index contributed by atoms with van der Waals surface area (Å²) in [6, 6.07) is 10.3. The number of pyridine rings is 2. The van der Waals surface area contributed by atoms with Crippen molar-refractivity contribution in [2.24, 2.45) is 11.7 Å². The first-order valence-corrected chi connectivity index (χ1v) is 16.0. The summed E-state index contributed by atoms with van der Waals surface area (Å²) in [5.41, 5.74) is 9.55. The quantitative estimate of drug-likeness (QED) is 0.186. The largest absolute Gasteiger partial charge is 0.336 e. The van der Waals surface area contributed by atoms with E-state index in [0.29, 0.717) is 44.8 Å². The zero-order chi connectivity index (χ0) is 31.5. The Bertz CT molecular complexity index is 2240. The molecule has 45 heavy (non-hydrogen) atoms. The molecule has 1 saturated carbocycles. The summed E-state index contributed by atoms with van der Waals surface area (Å²) in [6.07, 6.45) is 8.39. The second kappa shape index (κ2) is 10.8. The minimum Gasteiger partial charge on any atom is -0.336 e. The molecule has 1 atom stereocenters. The first kappa shape index (κ1) is 28.7. The summed E-state index contributed by atoms with van der Waals surface area (Å²) < 4.78 is 54.1. The average molecular weight is 629 g/mol. The third kappa shape index (κ3) is 5.31. The van der Waals surface area contributed by atoms with E-state index in [1.165, 1.54) is 24.4 Å². The van der Waals surface area contributed by atoms with E-state index in [4.69, 9.17) is 5.73 Å². The molecule has 0 saturated heterocycles. The van der Waals surface area contributed by atoms with Crippen LogP contribution in [0.25, 0.3) is 55.8 Å². The van der Waals surface area contributed by atoms with Gasteiger partial charge < -0.3 is 16.0 Å². The van der Waals surface area contributed by atoms with Gasteiger partial charge in [0.1, 0.15) is 33.7 Å². The van der Waals surface area contributed by atoms with Crippen molar-refractivity contribution in [1.82, 2.24) is 30.1 Å². The van der Waals surface area contributed by atoms with Gasteiger partial charge in [0.2, 0.25) is 5.91 Å². The number of carbonyl (C=O) groups excluding carboxylic acids is 1. The van der Waals surface area contributed by atoms with Gasteiger partial charge in [-0.3, -0.25) is 19.9 Å². The Balaban J connectivity index is 1.28. The van der Waals surface area contributed by atoms with Crippen LogP contribution in [0.1, 0.15) is 30.2 Å². The molecule has 1 aliphatic carbocycles.